The number of rotatable bonds is 7. The number of aliphatic hydroxyl groups excluding tert-OH is 5. The molecule has 0 aromatic carbocycles. The van der Waals surface area contributed by atoms with Gasteiger partial charge in [0.1, 0.15) is 18.3 Å². The van der Waals surface area contributed by atoms with E-state index < -0.39 is 49.2 Å². The lowest BCUT2D eigenvalue weighted by Gasteiger charge is -2.24. The van der Waals surface area contributed by atoms with Gasteiger partial charge in [-0.3, -0.25) is 4.79 Å². The minimum Gasteiger partial charge on any atom is -0.475 e. The topological polar surface area (TPSA) is 156 Å². The van der Waals surface area contributed by atoms with E-state index >= 15 is 0 Å². The highest BCUT2D eigenvalue weighted by atomic mass is 16.4. The fourth-order valence-corrected chi connectivity index (χ4v) is 0.961. The van der Waals surface area contributed by atoms with Crippen LogP contribution < -0.4 is 0 Å². The standard InChI is InChI=1S/C8H14O8/c9-2-5(12)7(14)6(13)3(10)1-4(11)8(15)16/h3,5-7,9-10,12-14H,1-2H2,(H,15,16)/t3-,5-,6-,7-/m1/s1. The maximum atomic E-state index is 10.7. The Balaban J connectivity index is 4.32. The van der Waals surface area contributed by atoms with E-state index in [0.29, 0.717) is 0 Å². The Labute approximate surface area is 90.4 Å². The zero-order valence-corrected chi connectivity index (χ0v) is 8.22. The molecule has 0 heterocycles. The summed E-state index contributed by atoms with van der Waals surface area (Å²) in [6.45, 7) is -0.849. The number of Topliss-reactive ketones (excluding diaryl/α,β-unsaturated/α-hetero) is 1. The van der Waals surface area contributed by atoms with Crippen molar-refractivity contribution in [3.8, 4) is 0 Å². The fourth-order valence-electron chi connectivity index (χ4n) is 0.961. The predicted octanol–water partition coefficient (Wildman–Crippen LogP) is -3.53. The molecule has 8 nitrogen and oxygen atoms in total. The first-order chi connectivity index (χ1) is 7.31. The van der Waals surface area contributed by atoms with Crippen LogP contribution in [0.4, 0.5) is 0 Å². The van der Waals surface area contributed by atoms with Crippen LogP contribution in [0.2, 0.25) is 0 Å². The quantitative estimate of drug-likeness (QED) is 0.249. The van der Waals surface area contributed by atoms with E-state index in [4.69, 9.17) is 25.5 Å². The molecule has 0 aliphatic heterocycles. The molecule has 6 N–H and O–H groups in total. The molecule has 0 fully saturated rings. The molecule has 0 aliphatic rings. The van der Waals surface area contributed by atoms with Crippen molar-refractivity contribution in [1.82, 2.24) is 0 Å². The summed E-state index contributed by atoms with van der Waals surface area (Å²) >= 11 is 0. The lowest BCUT2D eigenvalue weighted by molar-refractivity contribution is -0.153. The SMILES string of the molecule is O=C(O)C(=O)C[C@@H](O)[C@@H](O)[C@H](O)[C@H](O)CO. The predicted molar refractivity (Wildman–Crippen MR) is 48.4 cm³/mol. The van der Waals surface area contributed by atoms with E-state index in [9.17, 15) is 14.7 Å². The van der Waals surface area contributed by atoms with Gasteiger partial charge in [0.25, 0.3) is 0 Å². The van der Waals surface area contributed by atoms with Gasteiger partial charge in [0, 0.05) is 6.42 Å². The van der Waals surface area contributed by atoms with Crippen LogP contribution in [-0.2, 0) is 9.59 Å². The third kappa shape index (κ3) is 4.21. The molecule has 0 unspecified atom stereocenters. The van der Waals surface area contributed by atoms with Gasteiger partial charge in [0.2, 0.25) is 5.78 Å². The number of carboxylic acids is 1. The third-order valence-electron chi connectivity index (χ3n) is 1.96. The molecule has 0 saturated carbocycles. The van der Waals surface area contributed by atoms with Crippen molar-refractivity contribution >= 4 is 11.8 Å². The average molecular weight is 238 g/mol. The maximum Gasteiger partial charge on any atom is 0.372 e. The Hall–Kier alpha value is -1.06. The van der Waals surface area contributed by atoms with Crippen molar-refractivity contribution < 1.29 is 40.2 Å². The Morgan fingerprint density at radius 1 is 0.938 bits per heavy atom. The smallest absolute Gasteiger partial charge is 0.372 e. The second-order valence-corrected chi connectivity index (χ2v) is 3.23. The highest BCUT2D eigenvalue weighted by molar-refractivity contribution is 6.32. The zero-order chi connectivity index (χ0) is 12.9. The van der Waals surface area contributed by atoms with E-state index in [2.05, 4.69) is 0 Å². The van der Waals surface area contributed by atoms with Gasteiger partial charge in [-0.15, -0.1) is 0 Å². The van der Waals surface area contributed by atoms with Gasteiger partial charge in [-0.25, -0.2) is 4.79 Å². The number of aliphatic carboxylic acids is 1. The Morgan fingerprint density at radius 3 is 1.75 bits per heavy atom. The lowest BCUT2D eigenvalue weighted by atomic mass is 9.99. The average Bonchev–Trinajstić information content (AvgIpc) is 2.25. The van der Waals surface area contributed by atoms with Gasteiger partial charge in [0.05, 0.1) is 12.7 Å². The summed E-state index contributed by atoms with van der Waals surface area (Å²) in [6, 6.07) is 0. The lowest BCUT2D eigenvalue weighted by Crippen LogP contribution is -2.46. The maximum absolute atomic E-state index is 10.7. The molecule has 0 rings (SSSR count). The number of carbonyl (C=O) groups is 2. The Kier molecular flexibility index (Phi) is 6.08. The summed E-state index contributed by atoms with van der Waals surface area (Å²) < 4.78 is 0. The number of carboxylic acid groups (broad SMARTS) is 1. The number of hydrogen-bond donors (Lipinski definition) is 6. The molecular weight excluding hydrogens is 224 g/mol. The fraction of sp³-hybridized carbons (Fsp3) is 0.750. The van der Waals surface area contributed by atoms with Gasteiger partial charge in [-0.05, 0) is 0 Å². The molecule has 0 aromatic heterocycles. The second kappa shape index (κ2) is 6.51. The van der Waals surface area contributed by atoms with Crippen molar-refractivity contribution in [1.29, 1.82) is 0 Å². The highest BCUT2D eigenvalue weighted by Crippen LogP contribution is 2.08. The van der Waals surface area contributed by atoms with E-state index in [1.54, 1.807) is 0 Å². The van der Waals surface area contributed by atoms with E-state index in [-0.39, 0.29) is 0 Å². The molecule has 94 valence electrons. The van der Waals surface area contributed by atoms with Crippen LogP contribution in [-0.4, -0.2) is 73.4 Å². The molecule has 0 amide bonds. The summed E-state index contributed by atoms with van der Waals surface area (Å²) in [4.78, 5) is 20.8. The Bertz CT molecular complexity index is 252. The van der Waals surface area contributed by atoms with Crippen LogP contribution in [0.15, 0.2) is 0 Å². The first kappa shape index (κ1) is 14.9. The van der Waals surface area contributed by atoms with E-state index in [1.807, 2.05) is 0 Å². The van der Waals surface area contributed by atoms with Crippen molar-refractivity contribution in [2.45, 2.75) is 30.8 Å². The van der Waals surface area contributed by atoms with Crippen molar-refractivity contribution in [3.05, 3.63) is 0 Å². The number of ketones is 1. The van der Waals surface area contributed by atoms with Crippen LogP contribution in [0.1, 0.15) is 6.42 Å². The minimum atomic E-state index is -1.93. The molecule has 4 atom stereocenters. The van der Waals surface area contributed by atoms with Gasteiger partial charge in [0.15, 0.2) is 0 Å². The zero-order valence-electron chi connectivity index (χ0n) is 8.22. The molecular formula is C8H14O8. The molecule has 0 spiro atoms. The first-order valence-corrected chi connectivity index (χ1v) is 4.40. The van der Waals surface area contributed by atoms with Crippen LogP contribution in [0.25, 0.3) is 0 Å². The molecule has 0 aliphatic carbocycles. The summed E-state index contributed by atoms with van der Waals surface area (Å²) in [7, 11) is 0. The van der Waals surface area contributed by atoms with Gasteiger partial charge in [-0.1, -0.05) is 0 Å². The van der Waals surface area contributed by atoms with Crippen LogP contribution in [0.3, 0.4) is 0 Å². The largest absolute Gasteiger partial charge is 0.475 e. The summed E-state index contributed by atoms with van der Waals surface area (Å²) in [5, 5.41) is 53.1. The second-order valence-electron chi connectivity index (χ2n) is 3.23. The van der Waals surface area contributed by atoms with E-state index in [0.717, 1.165) is 0 Å². The monoisotopic (exact) mass is 238 g/mol. The van der Waals surface area contributed by atoms with Crippen molar-refractivity contribution in [2.75, 3.05) is 6.61 Å². The Morgan fingerprint density at radius 2 is 1.38 bits per heavy atom. The molecule has 8 heteroatoms. The number of aliphatic hydroxyl groups is 5. The molecule has 0 aromatic rings. The molecule has 0 radical (unpaired) electrons. The molecule has 0 bridgehead atoms. The molecule has 16 heavy (non-hydrogen) atoms. The number of carbonyl (C=O) groups excluding carboxylic acids is 1. The van der Waals surface area contributed by atoms with Gasteiger partial charge >= 0.3 is 5.97 Å². The minimum absolute atomic E-state index is 0.849. The normalized spacial score (nSPS) is 18.6. The highest BCUT2D eigenvalue weighted by Gasteiger charge is 2.32. The van der Waals surface area contributed by atoms with Gasteiger partial charge in [-0.2, -0.15) is 0 Å². The van der Waals surface area contributed by atoms with Crippen LogP contribution in [0.5, 0.6) is 0 Å². The first-order valence-electron chi connectivity index (χ1n) is 4.40. The summed E-state index contributed by atoms with van der Waals surface area (Å²) in [5.74, 6) is -3.11. The molecule has 0 saturated heterocycles. The third-order valence-corrected chi connectivity index (χ3v) is 1.96. The van der Waals surface area contributed by atoms with E-state index in [1.165, 1.54) is 0 Å². The number of hydrogen-bond acceptors (Lipinski definition) is 7. The van der Waals surface area contributed by atoms with Crippen LogP contribution >= 0.6 is 0 Å². The summed E-state index contributed by atoms with van der Waals surface area (Å²) in [6.07, 6.45) is -8.22. The van der Waals surface area contributed by atoms with Gasteiger partial charge < -0.3 is 30.6 Å². The van der Waals surface area contributed by atoms with Crippen molar-refractivity contribution in [2.24, 2.45) is 0 Å². The van der Waals surface area contributed by atoms with Crippen molar-refractivity contribution in [3.63, 3.8) is 0 Å². The van der Waals surface area contributed by atoms with Crippen LogP contribution in [0, 0.1) is 0 Å². The summed E-state index contributed by atoms with van der Waals surface area (Å²) in [5.41, 5.74) is 0.